The summed E-state index contributed by atoms with van der Waals surface area (Å²) in [5, 5.41) is 8.06. The van der Waals surface area contributed by atoms with E-state index in [0.29, 0.717) is 37.9 Å². The number of hydrogen-bond donors (Lipinski definition) is 2. The highest BCUT2D eigenvalue weighted by Gasteiger charge is 2.33. The van der Waals surface area contributed by atoms with Crippen LogP contribution < -0.4 is 15.2 Å². The molecule has 2 amide bonds. The second-order valence-corrected chi connectivity index (χ2v) is 8.10. The van der Waals surface area contributed by atoms with Crippen LogP contribution >= 0.6 is 0 Å². The fourth-order valence-corrected chi connectivity index (χ4v) is 3.99. The van der Waals surface area contributed by atoms with Crippen LogP contribution in [-0.4, -0.2) is 51.4 Å². The molecule has 1 fully saturated rings. The average molecular weight is 397 g/mol. The number of nitrogens with two attached hydrogens (primary N) is 1. The molecule has 1 saturated heterocycles. The largest absolute Gasteiger partial charge is 0.495 e. The minimum atomic E-state index is -3.90. The summed E-state index contributed by atoms with van der Waals surface area (Å²) in [4.78, 5) is 26.1. The molecule has 1 aromatic carbocycles. The molecule has 3 N–H and O–H groups in total. The Morgan fingerprint density at radius 2 is 2.11 bits per heavy atom. The summed E-state index contributed by atoms with van der Waals surface area (Å²) in [5.74, 6) is 0.0292. The highest BCUT2D eigenvalue weighted by molar-refractivity contribution is 7.89. The first-order chi connectivity index (χ1) is 12.8. The standard InChI is InChI=1S/C18H27N3O5S/c1-3-5-17(22)21-11-4-6-14(21)18(23)20-10-9-13-7-8-15(26-2)16(12-13)27(19,24)25/h7-8,12,14H,3-6,9-11H2,1-2H3,(H,20,23)(H2,19,24,25). The van der Waals surface area contributed by atoms with Gasteiger partial charge in [0.05, 0.1) is 7.11 Å². The minimum Gasteiger partial charge on any atom is -0.495 e. The molecule has 150 valence electrons. The van der Waals surface area contributed by atoms with Gasteiger partial charge in [-0.1, -0.05) is 13.0 Å². The van der Waals surface area contributed by atoms with Gasteiger partial charge in [0.1, 0.15) is 16.7 Å². The molecular formula is C18H27N3O5S. The number of carbonyl (C=O) groups is 2. The third-order valence-corrected chi connectivity index (χ3v) is 5.52. The molecule has 1 aliphatic rings. The van der Waals surface area contributed by atoms with Crippen molar-refractivity contribution in [3.63, 3.8) is 0 Å². The van der Waals surface area contributed by atoms with Crippen molar-refractivity contribution < 1.29 is 22.7 Å². The zero-order valence-electron chi connectivity index (χ0n) is 15.7. The number of primary sulfonamides is 1. The summed E-state index contributed by atoms with van der Waals surface area (Å²) < 4.78 is 28.4. The predicted molar refractivity (Wildman–Crippen MR) is 101 cm³/mol. The van der Waals surface area contributed by atoms with Crippen LogP contribution in [0.5, 0.6) is 5.75 Å². The van der Waals surface area contributed by atoms with Crippen molar-refractivity contribution in [2.75, 3.05) is 20.2 Å². The fraction of sp³-hybridized carbons (Fsp3) is 0.556. The molecule has 2 rings (SSSR count). The van der Waals surface area contributed by atoms with Crippen LogP contribution in [0.4, 0.5) is 0 Å². The molecule has 0 radical (unpaired) electrons. The van der Waals surface area contributed by atoms with Crippen LogP contribution in [0.25, 0.3) is 0 Å². The monoisotopic (exact) mass is 397 g/mol. The van der Waals surface area contributed by atoms with E-state index in [1.165, 1.54) is 13.2 Å². The summed E-state index contributed by atoms with van der Waals surface area (Å²) in [7, 11) is -2.53. The number of hydrogen-bond acceptors (Lipinski definition) is 5. The third kappa shape index (κ3) is 5.43. The second kappa shape index (κ2) is 9.18. The van der Waals surface area contributed by atoms with E-state index in [1.54, 1.807) is 17.0 Å². The summed E-state index contributed by atoms with van der Waals surface area (Å²) >= 11 is 0. The van der Waals surface area contributed by atoms with Gasteiger partial charge in [-0.15, -0.1) is 0 Å². The van der Waals surface area contributed by atoms with Gasteiger partial charge in [-0.05, 0) is 43.4 Å². The molecule has 8 nitrogen and oxygen atoms in total. The number of rotatable bonds is 8. The number of nitrogens with one attached hydrogen (secondary N) is 1. The zero-order chi connectivity index (χ0) is 20.0. The molecule has 1 heterocycles. The van der Waals surface area contributed by atoms with Crippen LogP contribution in [0.2, 0.25) is 0 Å². The van der Waals surface area contributed by atoms with Crippen molar-refractivity contribution in [3.05, 3.63) is 23.8 Å². The Kier molecular flexibility index (Phi) is 7.20. The minimum absolute atomic E-state index is 0.0168. The van der Waals surface area contributed by atoms with E-state index in [0.717, 1.165) is 12.8 Å². The number of sulfonamides is 1. The van der Waals surface area contributed by atoms with Crippen molar-refractivity contribution in [2.45, 2.75) is 50.0 Å². The lowest BCUT2D eigenvalue weighted by molar-refractivity contribution is -0.138. The van der Waals surface area contributed by atoms with E-state index in [1.807, 2.05) is 6.92 Å². The predicted octanol–water partition coefficient (Wildman–Crippen LogP) is 0.792. The Labute approximate surface area is 160 Å². The van der Waals surface area contributed by atoms with E-state index in [2.05, 4.69) is 5.32 Å². The highest BCUT2D eigenvalue weighted by Crippen LogP contribution is 2.24. The van der Waals surface area contributed by atoms with E-state index in [-0.39, 0.29) is 22.5 Å². The van der Waals surface area contributed by atoms with Crippen molar-refractivity contribution in [1.82, 2.24) is 10.2 Å². The van der Waals surface area contributed by atoms with Gasteiger partial charge in [0.2, 0.25) is 21.8 Å². The van der Waals surface area contributed by atoms with Crippen molar-refractivity contribution in [3.8, 4) is 5.75 Å². The van der Waals surface area contributed by atoms with Crippen LogP contribution in [0.15, 0.2) is 23.1 Å². The van der Waals surface area contributed by atoms with Gasteiger partial charge in [0.25, 0.3) is 0 Å². The molecular weight excluding hydrogens is 370 g/mol. The molecule has 0 bridgehead atoms. The SMILES string of the molecule is CCCC(=O)N1CCCC1C(=O)NCCc1ccc(OC)c(S(N)(=O)=O)c1. The van der Waals surface area contributed by atoms with E-state index in [4.69, 9.17) is 9.88 Å². The summed E-state index contributed by atoms with van der Waals surface area (Å²) in [5.41, 5.74) is 0.713. The van der Waals surface area contributed by atoms with Crippen molar-refractivity contribution >= 4 is 21.8 Å². The lowest BCUT2D eigenvalue weighted by atomic mass is 10.1. The van der Waals surface area contributed by atoms with Gasteiger partial charge in [-0.25, -0.2) is 13.6 Å². The van der Waals surface area contributed by atoms with Gasteiger partial charge < -0.3 is 15.0 Å². The molecule has 1 unspecified atom stereocenters. The average Bonchev–Trinajstić information content (AvgIpc) is 3.11. The van der Waals surface area contributed by atoms with Crippen molar-refractivity contribution in [1.29, 1.82) is 0 Å². The number of benzene rings is 1. The lowest BCUT2D eigenvalue weighted by Crippen LogP contribution is -2.46. The third-order valence-electron chi connectivity index (χ3n) is 4.59. The first kappa shape index (κ1) is 21.2. The van der Waals surface area contributed by atoms with Crippen molar-refractivity contribution in [2.24, 2.45) is 5.14 Å². The second-order valence-electron chi connectivity index (χ2n) is 6.57. The Morgan fingerprint density at radius 3 is 2.74 bits per heavy atom. The number of nitrogens with zero attached hydrogens (tertiary/aromatic N) is 1. The molecule has 0 aliphatic carbocycles. The van der Waals surface area contributed by atoms with Gasteiger partial charge in [0.15, 0.2) is 0 Å². The van der Waals surface area contributed by atoms with Crippen LogP contribution in [-0.2, 0) is 26.0 Å². The number of carbonyl (C=O) groups excluding carboxylic acids is 2. The summed E-state index contributed by atoms with van der Waals surface area (Å²) in [6.07, 6.45) is 3.14. The van der Waals surface area contributed by atoms with Crippen LogP contribution in [0.1, 0.15) is 38.2 Å². The molecule has 0 aromatic heterocycles. The number of ether oxygens (including phenoxy) is 1. The fourth-order valence-electron chi connectivity index (χ4n) is 3.24. The maximum atomic E-state index is 12.4. The Bertz CT molecular complexity index is 794. The Hall–Kier alpha value is -2.13. The van der Waals surface area contributed by atoms with Gasteiger partial charge >= 0.3 is 0 Å². The van der Waals surface area contributed by atoms with E-state index in [9.17, 15) is 18.0 Å². The highest BCUT2D eigenvalue weighted by atomic mass is 32.2. The number of amides is 2. The van der Waals surface area contributed by atoms with Gasteiger partial charge in [-0.2, -0.15) is 0 Å². The Morgan fingerprint density at radius 1 is 1.37 bits per heavy atom. The normalized spacial score (nSPS) is 17.0. The number of methoxy groups -OCH3 is 1. The first-order valence-corrected chi connectivity index (χ1v) is 10.6. The Balaban J connectivity index is 1.96. The lowest BCUT2D eigenvalue weighted by Gasteiger charge is -2.24. The van der Waals surface area contributed by atoms with Gasteiger partial charge in [0, 0.05) is 19.5 Å². The number of likely N-dealkylation sites (tertiary alicyclic amines) is 1. The summed E-state index contributed by atoms with van der Waals surface area (Å²) in [6.45, 7) is 2.89. The van der Waals surface area contributed by atoms with Crippen LogP contribution in [0.3, 0.4) is 0 Å². The molecule has 0 spiro atoms. The summed E-state index contributed by atoms with van der Waals surface area (Å²) in [6, 6.07) is 4.30. The van der Waals surface area contributed by atoms with E-state index >= 15 is 0 Å². The van der Waals surface area contributed by atoms with Crippen LogP contribution in [0, 0.1) is 0 Å². The molecule has 9 heteroatoms. The smallest absolute Gasteiger partial charge is 0.242 e. The van der Waals surface area contributed by atoms with E-state index < -0.39 is 16.1 Å². The quantitative estimate of drug-likeness (QED) is 0.672. The maximum Gasteiger partial charge on any atom is 0.242 e. The van der Waals surface area contributed by atoms with Gasteiger partial charge in [-0.3, -0.25) is 9.59 Å². The molecule has 1 aliphatic heterocycles. The first-order valence-electron chi connectivity index (χ1n) is 9.04. The zero-order valence-corrected chi connectivity index (χ0v) is 16.5. The maximum absolute atomic E-state index is 12.4. The topological polar surface area (TPSA) is 119 Å². The molecule has 0 saturated carbocycles. The molecule has 27 heavy (non-hydrogen) atoms. The molecule has 1 atom stereocenters. The molecule has 1 aromatic rings.